The van der Waals surface area contributed by atoms with E-state index in [-0.39, 0.29) is 11.3 Å². The van der Waals surface area contributed by atoms with Crippen molar-refractivity contribution in [2.75, 3.05) is 12.5 Å². The number of alkyl halides is 3. The highest BCUT2D eigenvalue weighted by atomic mass is 19.4. The summed E-state index contributed by atoms with van der Waals surface area (Å²) in [7, 11) is 1.06. The molecule has 0 radical (unpaired) electrons. The molecule has 0 spiro atoms. The van der Waals surface area contributed by atoms with Gasteiger partial charge in [-0.05, 0) is 18.2 Å². The molecule has 0 amide bonds. The summed E-state index contributed by atoms with van der Waals surface area (Å²) in [5.41, 5.74) is 5.03. The number of nitrogens with zero attached hydrogens (tertiary/aromatic N) is 2. The van der Waals surface area contributed by atoms with Crippen molar-refractivity contribution >= 4 is 23.2 Å². The highest BCUT2D eigenvalue weighted by Crippen LogP contribution is 2.32. The number of rotatable bonds is 4. The Morgan fingerprint density at radius 1 is 1.50 bits per heavy atom. The first kappa shape index (κ1) is 17.0. The number of anilines is 1. The van der Waals surface area contributed by atoms with Crippen molar-refractivity contribution in [3.8, 4) is 6.07 Å². The monoisotopic (exact) mass is 313 g/mol. The molecule has 0 fully saturated rings. The normalized spacial score (nSPS) is 11.5. The van der Waals surface area contributed by atoms with Gasteiger partial charge in [0.15, 0.2) is 5.84 Å². The fourth-order valence-corrected chi connectivity index (χ4v) is 1.36. The molecular formula is C12H10F3N5O2. The third-order valence-electron chi connectivity index (χ3n) is 2.40. The van der Waals surface area contributed by atoms with Gasteiger partial charge in [-0.15, -0.1) is 0 Å². The van der Waals surface area contributed by atoms with Gasteiger partial charge in [-0.3, -0.25) is 10.8 Å². The van der Waals surface area contributed by atoms with Crippen molar-refractivity contribution < 1.29 is 22.7 Å². The maximum atomic E-state index is 12.7. The number of nitriles is 1. The number of benzene rings is 1. The highest BCUT2D eigenvalue weighted by molar-refractivity contribution is 6.45. The number of carbonyl (C=O) groups is 1. The maximum Gasteiger partial charge on any atom is 0.416 e. The van der Waals surface area contributed by atoms with Gasteiger partial charge in [0, 0.05) is 0 Å². The van der Waals surface area contributed by atoms with Gasteiger partial charge in [-0.25, -0.2) is 4.79 Å². The first-order chi connectivity index (χ1) is 10.2. The van der Waals surface area contributed by atoms with E-state index in [0.29, 0.717) is 12.1 Å². The van der Waals surface area contributed by atoms with Crippen LogP contribution in [0.15, 0.2) is 23.3 Å². The van der Waals surface area contributed by atoms with Crippen molar-refractivity contribution in [2.24, 2.45) is 10.8 Å². The number of hydrazone groups is 1. The summed E-state index contributed by atoms with van der Waals surface area (Å²) in [4.78, 5) is 11.5. The molecule has 0 bridgehead atoms. The Hall–Kier alpha value is -3.09. The summed E-state index contributed by atoms with van der Waals surface area (Å²) in [6, 6.07) is 3.72. The van der Waals surface area contributed by atoms with Crippen LogP contribution in [0.4, 0.5) is 18.9 Å². The SMILES string of the molecule is COC(=O)c1ccc(C(F)(F)F)cc1N/N=C(\C#N)C(=N)N. The van der Waals surface area contributed by atoms with E-state index in [0.717, 1.165) is 13.2 Å². The Balaban J connectivity index is 3.32. The largest absolute Gasteiger partial charge is 0.465 e. The van der Waals surface area contributed by atoms with Crippen molar-refractivity contribution in [3.63, 3.8) is 0 Å². The molecule has 0 heterocycles. The molecule has 0 unspecified atom stereocenters. The van der Waals surface area contributed by atoms with Crippen molar-refractivity contribution in [1.29, 1.82) is 10.7 Å². The molecule has 0 aliphatic heterocycles. The highest BCUT2D eigenvalue weighted by Gasteiger charge is 2.31. The first-order valence-electron chi connectivity index (χ1n) is 5.58. The lowest BCUT2D eigenvalue weighted by Crippen LogP contribution is -2.22. The van der Waals surface area contributed by atoms with Crippen LogP contribution in [0.3, 0.4) is 0 Å². The maximum absolute atomic E-state index is 12.7. The molecule has 10 heteroatoms. The van der Waals surface area contributed by atoms with Crippen LogP contribution in [0, 0.1) is 16.7 Å². The Labute approximate surface area is 122 Å². The molecule has 0 saturated carbocycles. The summed E-state index contributed by atoms with van der Waals surface area (Å²) in [5.74, 6) is -1.57. The van der Waals surface area contributed by atoms with E-state index in [2.05, 4.69) is 15.3 Å². The van der Waals surface area contributed by atoms with Gasteiger partial charge in [-0.2, -0.15) is 23.5 Å². The topological polar surface area (TPSA) is 124 Å². The van der Waals surface area contributed by atoms with Gasteiger partial charge in [0.05, 0.1) is 23.9 Å². The molecule has 0 atom stereocenters. The molecule has 7 nitrogen and oxygen atoms in total. The van der Waals surface area contributed by atoms with Crippen LogP contribution in [0.2, 0.25) is 0 Å². The van der Waals surface area contributed by atoms with Crippen molar-refractivity contribution in [2.45, 2.75) is 6.18 Å². The van der Waals surface area contributed by atoms with Gasteiger partial charge in [0.1, 0.15) is 6.07 Å². The average molecular weight is 313 g/mol. The third-order valence-corrected chi connectivity index (χ3v) is 2.40. The number of ether oxygens (including phenoxy) is 1. The fourth-order valence-electron chi connectivity index (χ4n) is 1.36. The van der Waals surface area contributed by atoms with Gasteiger partial charge in [0.2, 0.25) is 5.71 Å². The average Bonchev–Trinajstić information content (AvgIpc) is 2.45. The summed E-state index contributed by atoms with van der Waals surface area (Å²) < 4.78 is 42.5. The predicted octanol–water partition coefficient (Wildman–Crippen LogP) is 1.72. The standard InChI is InChI=1S/C12H10F3N5O2/c1-22-11(21)7-3-2-6(12(13,14)15)4-8(7)19-20-9(5-16)10(17)18/h2-4,19H,1H3,(H3,17,18)/b20-9+. The minimum atomic E-state index is -4.63. The van der Waals surface area contributed by atoms with Crippen LogP contribution in [0.5, 0.6) is 0 Å². The van der Waals surface area contributed by atoms with E-state index < -0.39 is 29.3 Å². The first-order valence-corrected chi connectivity index (χ1v) is 5.58. The summed E-state index contributed by atoms with van der Waals surface area (Å²) in [5, 5.41) is 19.1. The molecule has 0 aliphatic carbocycles. The summed E-state index contributed by atoms with van der Waals surface area (Å²) >= 11 is 0. The third kappa shape index (κ3) is 3.95. The minimum Gasteiger partial charge on any atom is -0.465 e. The van der Waals surface area contributed by atoms with Crippen molar-refractivity contribution in [1.82, 2.24) is 0 Å². The second-order valence-electron chi connectivity index (χ2n) is 3.85. The molecule has 0 saturated heterocycles. The van der Waals surface area contributed by atoms with Crippen molar-refractivity contribution in [3.05, 3.63) is 29.3 Å². The number of nitrogens with two attached hydrogens (primary N) is 1. The zero-order chi connectivity index (χ0) is 16.9. The molecule has 22 heavy (non-hydrogen) atoms. The van der Waals surface area contributed by atoms with Crippen LogP contribution in [0.25, 0.3) is 0 Å². The number of halogens is 3. The quantitative estimate of drug-likeness (QED) is 0.338. The van der Waals surface area contributed by atoms with E-state index in [1.807, 2.05) is 0 Å². The molecule has 1 aromatic carbocycles. The Morgan fingerprint density at radius 2 is 2.14 bits per heavy atom. The van der Waals surface area contributed by atoms with Gasteiger partial charge >= 0.3 is 12.1 Å². The molecule has 1 aromatic rings. The van der Waals surface area contributed by atoms with E-state index >= 15 is 0 Å². The van der Waals surface area contributed by atoms with Crippen LogP contribution >= 0.6 is 0 Å². The lowest BCUT2D eigenvalue weighted by atomic mass is 10.1. The zero-order valence-corrected chi connectivity index (χ0v) is 11.2. The molecule has 0 aromatic heterocycles. The second kappa shape index (κ2) is 6.57. The fraction of sp³-hybridized carbons (Fsp3) is 0.167. The molecule has 4 N–H and O–H groups in total. The summed E-state index contributed by atoms with van der Waals surface area (Å²) in [6.07, 6.45) is -4.63. The van der Waals surface area contributed by atoms with Crippen LogP contribution < -0.4 is 11.2 Å². The number of amidine groups is 1. The number of hydrogen-bond donors (Lipinski definition) is 3. The number of esters is 1. The van der Waals surface area contributed by atoms with Gasteiger partial charge in [0.25, 0.3) is 0 Å². The zero-order valence-electron chi connectivity index (χ0n) is 11.2. The number of carbonyl (C=O) groups excluding carboxylic acids is 1. The Bertz CT molecular complexity index is 676. The molecule has 116 valence electrons. The lowest BCUT2D eigenvalue weighted by Gasteiger charge is -2.12. The molecule has 0 aliphatic rings. The Kier molecular flexibility index (Phi) is 5.07. The van der Waals surface area contributed by atoms with E-state index in [4.69, 9.17) is 16.4 Å². The van der Waals surface area contributed by atoms with Crippen LogP contribution in [-0.4, -0.2) is 24.6 Å². The minimum absolute atomic E-state index is 0.222. The smallest absolute Gasteiger partial charge is 0.416 e. The predicted molar refractivity (Wildman–Crippen MR) is 71.4 cm³/mol. The van der Waals surface area contributed by atoms with E-state index in [9.17, 15) is 18.0 Å². The number of hydrogen-bond acceptors (Lipinski definition) is 6. The van der Waals surface area contributed by atoms with Crippen LogP contribution in [-0.2, 0) is 10.9 Å². The van der Waals surface area contributed by atoms with Gasteiger partial charge in [-0.1, -0.05) is 0 Å². The number of nitrogens with one attached hydrogen (secondary N) is 2. The lowest BCUT2D eigenvalue weighted by molar-refractivity contribution is -0.137. The van der Waals surface area contributed by atoms with Gasteiger partial charge < -0.3 is 10.5 Å². The van der Waals surface area contributed by atoms with E-state index in [1.54, 1.807) is 0 Å². The number of methoxy groups -OCH3 is 1. The summed E-state index contributed by atoms with van der Waals surface area (Å²) in [6.45, 7) is 0. The Morgan fingerprint density at radius 3 is 2.59 bits per heavy atom. The molecular weight excluding hydrogens is 303 g/mol. The van der Waals surface area contributed by atoms with Crippen LogP contribution in [0.1, 0.15) is 15.9 Å². The second-order valence-corrected chi connectivity index (χ2v) is 3.85. The van der Waals surface area contributed by atoms with E-state index in [1.165, 1.54) is 6.07 Å². The molecule has 1 rings (SSSR count).